The van der Waals surface area contributed by atoms with Gasteiger partial charge in [0.1, 0.15) is 0 Å². The Labute approximate surface area is 155 Å². The van der Waals surface area contributed by atoms with Crippen molar-refractivity contribution in [2.75, 3.05) is 32.7 Å². The molecule has 1 amide bonds. The van der Waals surface area contributed by atoms with Crippen molar-refractivity contribution < 1.29 is 9.90 Å². The Kier molecular flexibility index (Phi) is 5.23. The maximum absolute atomic E-state index is 12.5. The first-order chi connectivity index (χ1) is 12.7. The normalized spacial score (nSPS) is 24.3. The van der Waals surface area contributed by atoms with Gasteiger partial charge in [-0.05, 0) is 48.7 Å². The van der Waals surface area contributed by atoms with Crippen LogP contribution in [0.2, 0.25) is 0 Å². The van der Waals surface area contributed by atoms with Gasteiger partial charge in [0.2, 0.25) is 5.91 Å². The molecule has 0 aromatic heterocycles. The third-order valence-electron chi connectivity index (χ3n) is 5.98. The molecule has 0 spiro atoms. The largest absolute Gasteiger partial charge is 0.391 e. The first kappa shape index (κ1) is 17.5. The molecule has 0 radical (unpaired) electrons. The Hall–Kier alpha value is -1.91. The van der Waals surface area contributed by atoms with Crippen LogP contribution in [-0.2, 0) is 4.79 Å². The number of β-amino-alcohol motifs (C(OH)–C–C–N with tert-alkyl or cyclic N) is 1. The summed E-state index contributed by atoms with van der Waals surface area (Å²) in [5, 5.41) is 13.1. The lowest BCUT2D eigenvalue weighted by Gasteiger charge is -2.36. The lowest BCUT2D eigenvalue weighted by atomic mass is 9.86. The number of fused-ring (bicyclic) bond motifs is 1. The Morgan fingerprint density at radius 3 is 2.58 bits per heavy atom. The van der Waals surface area contributed by atoms with Gasteiger partial charge in [0.25, 0.3) is 0 Å². The van der Waals surface area contributed by atoms with Gasteiger partial charge in [-0.3, -0.25) is 4.79 Å². The first-order valence-electron chi connectivity index (χ1n) is 9.87. The van der Waals surface area contributed by atoms with E-state index in [4.69, 9.17) is 0 Å². The van der Waals surface area contributed by atoms with Crippen molar-refractivity contribution >= 4 is 16.7 Å². The van der Waals surface area contributed by atoms with Crippen LogP contribution in [0.3, 0.4) is 0 Å². The number of rotatable bonds is 4. The smallest absolute Gasteiger partial charge is 0.223 e. The minimum atomic E-state index is -0.486. The van der Waals surface area contributed by atoms with Gasteiger partial charge in [-0.15, -0.1) is 0 Å². The van der Waals surface area contributed by atoms with E-state index in [0.717, 1.165) is 32.6 Å². The van der Waals surface area contributed by atoms with E-state index < -0.39 is 6.10 Å². The Balaban J connectivity index is 1.37. The van der Waals surface area contributed by atoms with Crippen molar-refractivity contribution in [1.29, 1.82) is 0 Å². The number of piperidine rings is 1. The molecular formula is C22H28N2O2. The quantitative estimate of drug-likeness (QED) is 0.920. The first-order valence-corrected chi connectivity index (χ1v) is 9.87. The Morgan fingerprint density at radius 1 is 1.04 bits per heavy atom. The van der Waals surface area contributed by atoms with Gasteiger partial charge in [0.05, 0.1) is 6.10 Å². The van der Waals surface area contributed by atoms with E-state index in [0.29, 0.717) is 13.0 Å². The lowest BCUT2D eigenvalue weighted by molar-refractivity contribution is -0.135. The molecule has 2 aromatic carbocycles. The van der Waals surface area contributed by atoms with E-state index in [1.165, 1.54) is 29.2 Å². The third kappa shape index (κ3) is 3.76. The van der Waals surface area contributed by atoms with Crippen molar-refractivity contribution in [3.63, 3.8) is 0 Å². The van der Waals surface area contributed by atoms with Crippen LogP contribution < -0.4 is 0 Å². The molecule has 0 saturated carbocycles. The number of carbonyl (C=O) groups is 1. The van der Waals surface area contributed by atoms with Crippen LogP contribution in [0.1, 0.15) is 37.2 Å². The van der Waals surface area contributed by atoms with Crippen LogP contribution in [0.4, 0.5) is 0 Å². The molecule has 2 atom stereocenters. The fourth-order valence-electron chi connectivity index (χ4n) is 4.40. The summed E-state index contributed by atoms with van der Waals surface area (Å²) >= 11 is 0. The maximum Gasteiger partial charge on any atom is 0.223 e. The summed E-state index contributed by atoms with van der Waals surface area (Å²) in [7, 11) is 0. The fraction of sp³-hybridized carbons (Fsp3) is 0.500. The molecule has 2 fully saturated rings. The monoisotopic (exact) mass is 352 g/mol. The summed E-state index contributed by atoms with van der Waals surface area (Å²) in [6.07, 6.45) is 3.43. The summed E-state index contributed by atoms with van der Waals surface area (Å²) in [6, 6.07) is 14.8. The van der Waals surface area contributed by atoms with Crippen molar-refractivity contribution in [3.8, 4) is 0 Å². The zero-order valence-electron chi connectivity index (χ0n) is 15.3. The number of amides is 1. The second kappa shape index (κ2) is 7.77. The summed E-state index contributed by atoms with van der Waals surface area (Å²) in [5.41, 5.74) is 1.18. The second-order valence-electron chi connectivity index (χ2n) is 7.71. The minimum absolute atomic E-state index is 0.113. The predicted molar refractivity (Wildman–Crippen MR) is 104 cm³/mol. The van der Waals surface area contributed by atoms with E-state index in [-0.39, 0.29) is 11.8 Å². The number of hydrogen-bond donors (Lipinski definition) is 1. The standard InChI is InChI=1S/C22H28N2O2/c25-21-16-24(22(26)10-13-23-11-3-4-12-23)14-9-20(21)19-8-7-17-5-1-2-6-18(17)15-19/h1-2,5-8,15,20-21,25H,3-4,9-14,16H2/t20-,21+/m0/s1. The van der Waals surface area contributed by atoms with Gasteiger partial charge in [-0.25, -0.2) is 0 Å². The van der Waals surface area contributed by atoms with Gasteiger partial charge in [-0.1, -0.05) is 42.5 Å². The maximum atomic E-state index is 12.5. The topological polar surface area (TPSA) is 43.8 Å². The van der Waals surface area contributed by atoms with Gasteiger partial charge in [-0.2, -0.15) is 0 Å². The number of aliphatic hydroxyl groups excluding tert-OH is 1. The number of likely N-dealkylation sites (tertiary alicyclic amines) is 2. The van der Waals surface area contributed by atoms with Gasteiger partial charge in [0, 0.05) is 32.0 Å². The molecule has 4 rings (SSSR count). The molecule has 4 heteroatoms. The average Bonchev–Trinajstić information content (AvgIpc) is 3.19. The Morgan fingerprint density at radius 2 is 1.81 bits per heavy atom. The molecular weight excluding hydrogens is 324 g/mol. The molecule has 2 heterocycles. The molecule has 1 N–H and O–H groups in total. The molecule has 0 bridgehead atoms. The molecule has 26 heavy (non-hydrogen) atoms. The summed E-state index contributed by atoms with van der Waals surface area (Å²) in [6.45, 7) is 4.31. The second-order valence-corrected chi connectivity index (χ2v) is 7.71. The van der Waals surface area contributed by atoms with Crippen LogP contribution in [0.15, 0.2) is 42.5 Å². The molecule has 2 aliphatic heterocycles. The number of hydrogen-bond acceptors (Lipinski definition) is 3. The average molecular weight is 352 g/mol. The molecule has 2 aromatic rings. The van der Waals surface area contributed by atoms with Crippen molar-refractivity contribution in [2.45, 2.75) is 37.7 Å². The van der Waals surface area contributed by atoms with Gasteiger partial charge < -0.3 is 14.9 Å². The third-order valence-corrected chi connectivity index (χ3v) is 5.98. The van der Waals surface area contributed by atoms with Crippen LogP contribution in [-0.4, -0.2) is 59.6 Å². The predicted octanol–water partition coefficient (Wildman–Crippen LogP) is 3.00. The van der Waals surface area contributed by atoms with Crippen molar-refractivity contribution in [3.05, 3.63) is 48.0 Å². The summed E-state index contributed by atoms with van der Waals surface area (Å²) in [5.74, 6) is 0.301. The molecule has 138 valence electrons. The van der Waals surface area contributed by atoms with Crippen molar-refractivity contribution in [1.82, 2.24) is 9.80 Å². The highest BCUT2D eigenvalue weighted by atomic mass is 16.3. The molecule has 0 aliphatic carbocycles. The lowest BCUT2D eigenvalue weighted by Crippen LogP contribution is -2.46. The van der Waals surface area contributed by atoms with E-state index >= 15 is 0 Å². The summed E-state index contributed by atoms with van der Waals surface area (Å²) in [4.78, 5) is 16.7. The van der Waals surface area contributed by atoms with Gasteiger partial charge >= 0.3 is 0 Å². The van der Waals surface area contributed by atoms with E-state index in [1.54, 1.807) is 0 Å². The van der Waals surface area contributed by atoms with Crippen LogP contribution in [0, 0.1) is 0 Å². The summed E-state index contributed by atoms with van der Waals surface area (Å²) < 4.78 is 0. The molecule has 0 unspecified atom stereocenters. The van der Waals surface area contributed by atoms with Gasteiger partial charge in [0.15, 0.2) is 0 Å². The van der Waals surface area contributed by atoms with Crippen LogP contribution in [0.25, 0.3) is 10.8 Å². The van der Waals surface area contributed by atoms with E-state index in [9.17, 15) is 9.90 Å². The number of aliphatic hydroxyl groups is 1. The minimum Gasteiger partial charge on any atom is -0.391 e. The fourth-order valence-corrected chi connectivity index (χ4v) is 4.40. The highest BCUT2D eigenvalue weighted by Gasteiger charge is 2.31. The zero-order chi connectivity index (χ0) is 17.9. The van der Waals surface area contributed by atoms with Crippen LogP contribution >= 0.6 is 0 Å². The highest BCUT2D eigenvalue weighted by molar-refractivity contribution is 5.83. The highest BCUT2D eigenvalue weighted by Crippen LogP contribution is 2.30. The Bertz CT molecular complexity index is 770. The number of carbonyl (C=O) groups excluding carboxylic acids is 1. The van der Waals surface area contributed by atoms with Crippen molar-refractivity contribution in [2.24, 2.45) is 0 Å². The molecule has 4 nitrogen and oxygen atoms in total. The number of benzene rings is 2. The van der Waals surface area contributed by atoms with Crippen LogP contribution in [0.5, 0.6) is 0 Å². The zero-order valence-corrected chi connectivity index (χ0v) is 15.3. The molecule has 2 aliphatic rings. The van der Waals surface area contributed by atoms with E-state index in [2.05, 4.69) is 35.2 Å². The number of nitrogens with zero attached hydrogens (tertiary/aromatic N) is 2. The molecule has 2 saturated heterocycles. The SMILES string of the molecule is O=C(CCN1CCCC1)N1CC[C@@H](c2ccc3ccccc3c2)[C@H](O)C1. The van der Waals surface area contributed by atoms with E-state index in [1.807, 2.05) is 17.0 Å².